The first kappa shape index (κ1) is 13.0. The van der Waals surface area contributed by atoms with E-state index in [1.165, 1.54) is 5.56 Å². The Labute approximate surface area is 111 Å². The molecule has 0 spiro atoms. The fraction of sp³-hybridized carbons (Fsp3) is 0.571. The third-order valence-electron chi connectivity index (χ3n) is 4.06. The normalized spacial score (nSPS) is 26.6. The lowest BCUT2D eigenvalue weighted by molar-refractivity contribution is 0.0706. The van der Waals surface area contributed by atoms with Crippen molar-refractivity contribution < 1.29 is 4.39 Å². The Hall–Kier alpha value is -0.410. The standard InChI is InChI=1S/C14H19BrFN/c1-4-17-13-8-10(14(13,2)3)9-5-6-12(16)11(15)7-9/h5-7,10,13,17H,4,8H2,1-3H3. The predicted molar refractivity (Wildman–Crippen MR) is 72.7 cm³/mol. The van der Waals surface area contributed by atoms with Gasteiger partial charge in [-0.05, 0) is 57.9 Å². The SMILES string of the molecule is CCNC1CC(c2ccc(F)c(Br)c2)C1(C)C. The molecular weight excluding hydrogens is 281 g/mol. The molecule has 1 aliphatic rings. The molecule has 94 valence electrons. The minimum atomic E-state index is -0.186. The highest BCUT2D eigenvalue weighted by Crippen LogP contribution is 2.52. The zero-order chi connectivity index (χ0) is 12.6. The van der Waals surface area contributed by atoms with Gasteiger partial charge in [-0.15, -0.1) is 0 Å². The molecule has 17 heavy (non-hydrogen) atoms. The molecule has 1 aliphatic carbocycles. The van der Waals surface area contributed by atoms with E-state index in [2.05, 4.69) is 42.0 Å². The number of benzene rings is 1. The summed E-state index contributed by atoms with van der Waals surface area (Å²) in [6, 6.07) is 5.95. The van der Waals surface area contributed by atoms with Crippen molar-refractivity contribution in [2.75, 3.05) is 6.54 Å². The Morgan fingerprint density at radius 1 is 1.47 bits per heavy atom. The van der Waals surface area contributed by atoms with Crippen LogP contribution in [0.4, 0.5) is 4.39 Å². The van der Waals surface area contributed by atoms with E-state index >= 15 is 0 Å². The van der Waals surface area contributed by atoms with Gasteiger partial charge in [0.1, 0.15) is 5.82 Å². The van der Waals surface area contributed by atoms with Crippen LogP contribution in [0.25, 0.3) is 0 Å². The highest BCUT2D eigenvalue weighted by atomic mass is 79.9. The first-order valence-electron chi connectivity index (χ1n) is 6.15. The molecule has 0 aromatic heterocycles. The van der Waals surface area contributed by atoms with Crippen LogP contribution in [0.3, 0.4) is 0 Å². The fourth-order valence-electron chi connectivity index (χ4n) is 2.81. The molecule has 0 bridgehead atoms. The van der Waals surface area contributed by atoms with Gasteiger partial charge < -0.3 is 5.32 Å². The maximum absolute atomic E-state index is 13.2. The lowest BCUT2D eigenvalue weighted by Crippen LogP contribution is -2.55. The van der Waals surface area contributed by atoms with Crippen LogP contribution in [0.1, 0.15) is 38.7 Å². The molecular formula is C14H19BrFN. The second kappa shape index (κ2) is 4.69. The van der Waals surface area contributed by atoms with Crippen molar-refractivity contribution in [3.05, 3.63) is 34.1 Å². The number of rotatable bonds is 3. The average molecular weight is 300 g/mol. The van der Waals surface area contributed by atoms with Crippen LogP contribution in [-0.2, 0) is 0 Å². The zero-order valence-electron chi connectivity index (χ0n) is 10.6. The van der Waals surface area contributed by atoms with Crippen LogP contribution in [0, 0.1) is 11.2 Å². The summed E-state index contributed by atoms with van der Waals surface area (Å²) in [5.74, 6) is 0.331. The molecule has 1 aromatic carbocycles. The van der Waals surface area contributed by atoms with E-state index < -0.39 is 0 Å². The Bertz CT molecular complexity index is 417. The Morgan fingerprint density at radius 2 is 2.18 bits per heavy atom. The van der Waals surface area contributed by atoms with Crippen LogP contribution in [0.15, 0.2) is 22.7 Å². The van der Waals surface area contributed by atoms with Crippen LogP contribution < -0.4 is 5.32 Å². The molecule has 2 atom stereocenters. The van der Waals surface area contributed by atoms with Crippen LogP contribution in [0.5, 0.6) is 0 Å². The minimum absolute atomic E-state index is 0.186. The van der Waals surface area contributed by atoms with E-state index in [-0.39, 0.29) is 11.2 Å². The molecule has 2 unspecified atom stereocenters. The van der Waals surface area contributed by atoms with E-state index in [9.17, 15) is 4.39 Å². The highest BCUT2D eigenvalue weighted by Gasteiger charge is 2.48. The molecule has 1 nitrogen and oxygen atoms in total. The van der Waals surface area contributed by atoms with Crippen LogP contribution in [-0.4, -0.2) is 12.6 Å². The first-order chi connectivity index (χ1) is 7.96. The molecule has 1 N–H and O–H groups in total. The molecule has 0 amide bonds. The Balaban J connectivity index is 2.17. The van der Waals surface area contributed by atoms with Crippen molar-refractivity contribution in [3.8, 4) is 0 Å². The van der Waals surface area contributed by atoms with Crippen molar-refractivity contribution in [1.29, 1.82) is 0 Å². The van der Waals surface area contributed by atoms with Crippen molar-refractivity contribution in [2.24, 2.45) is 5.41 Å². The van der Waals surface area contributed by atoms with Crippen molar-refractivity contribution in [3.63, 3.8) is 0 Å². The summed E-state index contributed by atoms with van der Waals surface area (Å²) in [4.78, 5) is 0. The number of nitrogens with one attached hydrogen (secondary N) is 1. The second-order valence-electron chi connectivity index (χ2n) is 5.39. The summed E-state index contributed by atoms with van der Waals surface area (Å²) in [7, 11) is 0. The molecule has 0 aliphatic heterocycles. The number of hydrogen-bond acceptors (Lipinski definition) is 1. The minimum Gasteiger partial charge on any atom is -0.314 e. The summed E-state index contributed by atoms with van der Waals surface area (Å²) >= 11 is 3.26. The molecule has 0 saturated heterocycles. The van der Waals surface area contributed by atoms with Gasteiger partial charge in [0.05, 0.1) is 4.47 Å². The van der Waals surface area contributed by atoms with Crippen molar-refractivity contribution in [2.45, 2.75) is 39.2 Å². The van der Waals surface area contributed by atoms with E-state index in [1.807, 2.05) is 12.1 Å². The van der Waals surface area contributed by atoms with Gasteiger partial charge in [-0.25, -0.2) is 4.39 Å². The maximum atomic E-state index is 13.2. The Kier molecular flexibility index (Phi) is 3.60. The maximum Gasteiger partial charge on any atom is 0.137 e. The van der Waals surface area contributed by atoms with Gasteiger partial charge in [-0.1, -0.05) is 26.8 Å². The molecule has 1 saturated carbocycles. The summed E-state index contributed by atoms with van der Waals surface area (Å²) < 4.78 is 13.8. The van der Waals surface area contributed by atoms with Gasteiger partial charge in [-0.2, -0.15) is 0 Å². The van der Waals surface area contributed by atoms with E-state index in [0.29, 0.717) is 16.4 Å². The van der Waals surface area contributed by atoms with E-state index in [4.69, 9.17) is 0 Å². The van der Waals surface area contributed by atoms with Gasteiger partial charge in [0.15, 0.2) is 0 Å². The molecule has 2 rings (SSSR count). The number of hydrogen-bond donors (Lipinski definition) is 1. The van der Waals surface area contributed by atoms with Crippen molar-refractivity contribution in [1.82, 2.24) is 5.32 Å². The monoisotopic (exact) mass is 299 g/mol. The molecule has 1 fully saturated rings. The summed E-state index contributed by atoms with van der Waals surface area (Å²) in [5, 5.41) is 3.51. The smallest absolute Gasteiger partial charge is 0.137 e. The highest BCUT2D eigenvalue weighted by molar-refractivity contribution is 9.10. The molecule has 0 radical (unpaired) electrons. The molecule has 0 heterocycles. The quantitative estimate of drug-likeness (QED) is 0.887. The van der Waals surface area contributed by atoms with Gasteiger partial charge in [0.25, 0.3) is 0 Å². The summed E-state index contributed by atoms with van der Waals surface area (Å²) in [6.45, 7) is 7.71. The first-order valence-corrected chi connectivity index (χ1v) is 6.94. The second-order valence-corrected chi connectivity index (χ2v) is 6.25. The predicted octanol–water partition coefficient (Wildman–Crippen LogP) is 4.08. The molecule has 1 aromatic rings. The van der Waals surface area contributed by atoms with Crippen LogP contribution >= 0.6 is 15.9 Å². The Morgan fingerprint density at radius 3 is 2.71 bits per heavy atom. The van der Waals surface area contributed by atoms with Gasteiger partial charge in [-0.3, -0.25) is 0 Å². The van der Waals surface area contributed by atoms with Gasteiger partial charge >= 0.3 is 0 Å². The molecule has 3 heteroatoms. The van der Waals surface area contributed by atoms with E-state index in [1.54, 1.807) is 6.07 Å². The third-order valence-corrected chi connectivity index (χ3v) is 4.67. The lowest BCUT2D eigenvalue weighted by Gasteiger charge is -2.53. The number of halogens is 2. The fourth-order valence-corrected chi connectivity index (χ4v) is 3.21. The lowest BCUT2D eigenvalue weighted by atomic mass is 9.56. The van der Waals surface area contributed by atoms with Crippen LogP contribution in [0.2, 0.25) is 0 Å². The van der Waals surface area contributed by atoms with Gasteiger partial charge in [0, 0.05) is 6.04 Å². The summed E-state index contributed by atoms with van der Waals surface area (Å²) in [6.07, 6.45) is 1.14. The zero-order valence-corrected chi connectivity index (χ0v) is 12.1. The van der Waals surface area contributed by atoms with Gasteiger partial charge in [0.2, 0.25) is 0 Å². The van der Waals surface area contributed by atoms with Crippen molar-refractivity contribution >= 4 is 15.9 Å². The largest absolute Gasteiger partial charge is 0.314 e. The third kappa shape index (κ3) is 2.27. The van der Waals surface area contributed by atoms with E-state index in [0.717, 1.165) is 13.0 Å². The average Bonchev–Trinajstić information content (AvgIpc) is 2.28. The summed E-state index contributed by atoms with van der Waals surface area (Å²) in [5.41, 5.74) is 1.48. The topological polar surface area (TPSA) is 12.0 Å².